The lowest BCUT2D eigenvalue weighted by atomic mass is 9.90. The highest BCUT2D eigenvalue weighted by molar-refractivity contribution is 5.86. The number of benzene rings is 1. The number of nitrogens with two attached hydrogens (primary N) is 1. The van der Waals surface area contributed by atoms with Gasteiger partial charge in [-0.25, -0.2) is 0 Å². The van der Waals surface area contributed by atoms with Gasteiger partial charge in [0.05, 0.1) is 11.6 Å². The molecule has 0 bridgehead atoms. The highest BCUT2D eigenvalue weighted by Gasteiger charge is 2.36. The monoisotopic (exact) mass is 317 g/mol. The van der Waals surface area contributed by atoms with E-state index >= 15 is 0 Å². The topological polar surface area (TPSA) is 67.6 Å². The summed E-state index contributed by atoms with van der Waals surface area (Å²) < 4.78 is 5.31. The lowest BCUT2D eigenvalue weighted by Crippen LogP contribution is -2.57. The number of anilines is 1. The first kappa shape index (κ1) is 16.3. The Balaban J connectivity index is 1.66. The van der Waals surface area contributed by atoms with Gasteiger partial charge in [0.15, 0.2) is 0 Å². The molecule has 0 spiro atoms. The molecule has 1 amide bonds. The zero-order valence-electron chi connectivity index (χ0n) is 13.9. The number of hydrogen-bond donors (Lipinski definition) is 2. The molecule has 2 heterocycles. The molecule has 3 N–H and O–H groups in total. The number of ether oxygens (including phenoxy) is 1. The first-order chi connectivity index (χ1) is 11.1. The molecule has 5 nitrogen and oxygen atoms in total. The van der Waals surface area contributed by atoms with E-state index in [-0.39, 0.29) is 11.9 Å². The van der Waals surface area contributed by atoms with Crippen molar-refractivity contribution in [2.75, 3.05) is 31.2 Å². The molecule has 1 atom stereocenters. The molecule has 0 saturated carbocycles. The number of rotatable bonds is 4. The normalized spacial score (nSPS) is 21.9. The van der Waals surface area contributed by atoms with Crippen LogP contribution in [0.5, 0.6) is 0 Å². The molecule has 126 valence electrons. The summed E-state index contributed by atoms with van der Waals surface area (Å²) in [7, 11) is 0. The molecule has 2 aliphatic heterocycles. The van der Waals surface area contributed by atoms with Crippen LogP contribution < -0.4 is 16.0 Å². The fraction of sp³-hybridized carbons (Fsp3) is 0.611. The Labute approximate surface area is 138 Å². The Morgan fingerprint density at radius 2 is 2.00 bits per heavy atom. The third kappa shape index (κ3) is 3.67. The Morgan fingerprint density at radius 1 is 1.30 bits per heavy atom. The summed E-state index contributed by atoms with van der Waals surface area (Å²) in [6.07, 6.45) is 3.68. The molecule has 3 rings (SSSR count). The van der Waals surface area contributed by atoms with Crippen LogP contribution >= 0.6 is 0 Å². The van der Waals surface area contributed by atoms with E-state index in [0.717, 1.165) is 18.7 Å². The predicted octanol–water partition coefficient (Wildman–Crippen LogP) is 1.97. The third-order valence-corrected chi connectivity index (χ3v) is 5.03. The van der Waals surface area contributed by atoms with Crippen molar-refractivity contribution in [3.05, 3.63) is 29.8 Å². The van der Waals surface area contributed by atoms with Crippen LogP contribution in [0.3, 0.4) is 0 Å². The summed E-state index contributed by atoms with van der Waals surface area (Å²) in [6, 6.07) is 8.42. The van der Waals surface area contributed by atoms with Crippen LogP contribution in [0, 0.1) is 0 Å². The Bertz CT molecular complexity index is 549. The van der Waals surface area contributed by atoms with Gasteiger partial charge >= 0.3 is 0 Å². The van der Waals surface area contributed by atoms with E-state index in [1.54, 1.807) is 0 Å². The minimum Gasteiger partial charge on any atom is -0.381 e. The smallest absolute Gasteiger partial charge is 0.240 e. The first-order valence-corrected chi connectivity index (χ1v) is 8.61. The lowest BCUT2D eigenvalue weighted by molar-refractivity contribution is -0.130. The van der Waals surface area contributed by atoms with Crippen molar-refractivity contribution in [3.63, 3.8) is 0 Å². The SMILES string of the molecule is CC(NC(=O)C1(N)CCOCC1)c1cccc(N2CCCC2)c1. The molecular weight excluding hydrogens is 290 g/mol. The number of nitrogens with one attached hydrogen (secondary N) is 1. The summed E-state index contributed by atoms with van der Waals surface area (Å²) >= 11 is 0. The van der Waals surface area contributed by atoms with Crippen molar-refractivity contribution < 1.29 is 9.53 Å². The van der Waals surface area contributed by atoms with E-state index < -0.39 is 5.54 Å². The molecule has 0 aromatic heterocycles. The summed E-state index contributed by atoms with van der Waals surface area (Å²) in [6.45, 7) is 5.38. The van der Waals surface area contributed by atoms with E-state index in [9.17, 15) is 4.79 Å². The zero-order valence-corrected chi connectivity index (χ0v) is 13.9. The molecule has 2 saturated heterocycles. The number of nitrogens with zero attached hydrogens (tertiary/aromatic N) is 1. The van der Waals surface area contributed by atoms with Crippen LogP contribution in [0.2, 0.25) is 0 Å². The zero-order chi connectivity index (χ0) is 16.3. The molecule has 23 heavy (non-hydrogen) atoms. The Kier molecular flexibility index (Phi) is 4.87. The second-order valence-electron chi connectivity index (χ2n) is 6.75. The number of hydrogen-bond acceptors (Lipinski definition) is 4. The van der Waals surface area contributed by atoms with Crippen LogP contribution in [0.1, 0.15) is 44.2 Å². The van der Waals surface area contributed by atoms with Gasteiger partial charge in [-0.1, -0.05) is 12.1 Å². The third-order valence-electron chi connectivity index (χ3n) is 5.03. The fourth-order valence-corrected chi connectivity index (χ4v) is 3.35. The van der Waals surface area contributed by atoms with Crippen molar-refractivity contribution in [2.45, 2.75) is 44.2 Å². The maximum Gasteiger partial charge on any atom is 0.240 e. The first-order valence-electron chi connectivity index (χ1n) is 8.61. The van der Waals surface area contributed by atoms with E-state index in [2.05, 4.69) is 34.5 Å². The van der Waals surface area contributed by atoms with Gasteiger partial charge < -0.3 is 20.7 Å². The molecule has 2 aliphatic rings. The minimum absolute atomic E-state index is 0.0478. The van der Waals surface area contributed by atoms with Gasteiger partial charge in [-0.2, -0.15) is 0 Å². The van der Waals surface area contributed by atoms with Crippen LogP contribution in [0.4, 0.5) is 5.69 Å². The predicted molar refractivity (Wildman–Crippen MR) is 91.4 cm³/mol. The second-order valence-corrected chi connectivity index (χ2v) is 6.75. The number of carbonyl (C=O) groups excluding carboxylic acids is 1. The molecule has 0 aliphatic carbocycles. The number of carbonyl (C=O) groups is 1. The summed E-state index contributed by atoms with van der Waals surface area (Å²) in [5, 5.41) is 3.09. The van der Waals surface area contributed by atoms with E-state index in [1.165, 1.54) is 18.5 Å². The number of amides is 1. The summed E-state index contributed by atoms with van der Waals surface area (Å²) in [4.78, 5) is 14.9. The van der Waals surface area contributed by atoms with Gasteiger partial charge in [0.2, 0.25) is 5.91 Å². The molecule has 2 fully saturated rings. The van der Waals surface area contributed by atoms with Crippen molar-refractivity contribution in [1.29, 1.82) is 0 Å². The minimum atomic E-state index is -0.793. The highest BCUT2D eigenvalue weighted by atomic mass is 16.5. The van der Waals surface area contributed by atoms with Crippen molar-refractivity contribution in [2.24, 2.45) is 5.73 Å². The summed E-state index contributed by atoms with van der Waals surface area (Å²) in [5.41, 5.74) is 7.83. The van der Waals surface area contributed by atoms with Gasteiger partial charge in [0, 0.05) is 32.0 Å². The molecule has 0 radical (unpaired) electrons. The molecule has 1 unspecified atom stereocenters. The van der Waals surface area contributed by atoms with Gasteiger partial charge in [0.25, 0.3) is 0 Å². The largest absolute Gasteiger partial charge is 0.381 e. The molecular formula is C18H27N3O2. The molecule has 1 aromatic rings. The quantitative estimate of drug-likeness (QED) is 0.891. The van der Waals surface area contributed by atoms with Gasteiger partial charge in [-0.3, -0.25) is 4.79 Å². The van der Waals surface area contributed by atoms with E-state index in [4.69, 9.17) is 10.5 Å². The molecule has 1 aromatic carbocycles. The maximum atomic E-state index is 12.5. The lowest BCUT2D eigenvalue weighted by Gasteiger charge is -2.33. The standard InChI is InChI=1S/C18H27N3O2/c1-14(20-17(22)18(19)7-11-23-12-8-18)15-5-4-6-16(13-15)21-9-2-3-10-21/h4-6,13-14H,2-3,7-12,19H2,1H3,(H,20,22). The van der Waals surface area contributed by atoms with Gasteiger partial charge in [0.1, 0.15) is 0 Å². The van der Waals surface area contributed by atoms with Crippen LogP contribution in [0.25, 0.3) is 0 Å². The molecule has 5 heteroatoms. The highest BCUT2D eigenvalue weighted by Crippen LogP contribution is 2.25. The average Bonchev–Trinajstić information content (AvgIpc) is 3.10. The van der Waals surface area contributed by atoms with E-state index in [1.807, 2.05) is 6.92 Å². The van der Waals surface area contributed by atoms with Crippen molar-refractivity contribution in [3.8, 4) is 0 Å². The van der Waals surface area contributed by atoms with E-state index in [0.29, 0.717) is 26.1 Å². The maximum absolute atomic E-state index is 12.5. The van der Waals surface area contributed by atoms with Crippen LogP contribution in [-0.2, 0) is 9.53 Å². The van der Waals surface area contributed by atoms with Crippen molar-refractivity contribution in [1.82, 2.24) is 5.32 Å². The van der Waals surface area contributed by atoms with Crippen LogP contribution in [0.15, 0.2) is 24.3 Å². The second kappa shape index (κ2) is 6.89. The van der Waals surface area contributed by atoms with Crippen LogP contribution in [-0.4, -0.2) is 37.7 Å². The Hall–Kier alpha value is -1.59. The van der Waals surface area contributed by atoms with Gasteiger partial charge in [-0.15, -0.1) is 0 Å². The van der Waals surface area contributed by atoms with Gasteiger partial charge in [-0.05, 0) is 50.3 Å². The fourth-order valence-electron chi connectivity index (χ4n) is 3.35. The summed E-state index contributed by atoms with van der Waals surface area (Å²) in [5.74, 6) is -0.0696. The average molecular weight is 317 g/mol. The van der Waals surface area contributed by atoms with Crippen molar-refractivity contribution >= 4 is 11.6 Å². The Morgan fingerprint density at radius 3 is 2.70 bits per heavy atom.